The third-order valence-corrected chi connectivity index (χ3v) is 3.59. The monoisotopic (exact) mass is 332 g/mol. The van der Waals surface area contributed by atoms with Gasteiger partial charge in [-0.3, -0.25) is 9.59 Å². The number of rotatable bonds is 4. The van der Waals surface area contributed by atoms with Crippen LogP contribution in [-0.2, 0) is 9.59 Å². The van der Waals surface area contributed by atoms with Crippen LogP contribution in [0.3, 0.4) is 0 Å². The van der Waals surface area contributed by atoms with Gasteiger partial charge >= 0.3 is 0 Å². The lowest BCUT2D eigenvalue weighted by Crippen LogP contribution is -2.41. The summed E-state index contributed by atoms with van der Waals surface area (Å²) in [5.41, 5.74) is 0.218. The Balaban J connectivity index is 2.11. The zero-order valence-corrected chi connectivity index (χ0v) is 13.6. The van der Waals surface area contributed by atoms with Crippen LogP contribution in [0.5, 0.6) is 0 Å². The number of nitrogens with one attached hydrogen (secondary N) is 2. The van der Waals surface area contributed by atoms with Crippen LogP contribution in [0.4, 0.5) is 20.2 Å². The minimum Gasteiger partial charge on any atom is -0.325 e. The molecule has 0 unspecified atom stereocenters. The molecule has 0 fully saturated rings. The molecule has 0 aliphatic carbocycles. The number of hydrogen-bond acceptors (Lipinski definition) is 2. The highest BCUT2D eigenvalue weighted by molar-refractivity contribution is 6.14. The van der Waals surface area contributed by atoms with E-state index in [4.69, 9.17) is 0 Å². The van der Waals surface area contributed by atoms with Crippen LogP contribution >= 0.6 is 0 Å². The van der Waals surface area contributed by atoms with Gasteiger partial charge in [-0.15, -0.1) is 0 Å². The van der Waals surface area contributed by atoms with Crippen molar-refractivity contribution in [1.29, 1.82) is 0 Å². The first-order valence-corrected chi connectivity index (χ1v) is 7.35. The van der Waals surface area contributed by atoms with Gasteiger partial charge in [0.1, 0.15) is 5.41 Å². The van der Waals surface area contributed by atoms with E-state index < -0.39 is 28.9 Å². The molecule has 0 atom stereocenters. The van der Waals surface area contributed by atoms with Crippen LogP contribution in [-0.4, -0.2) is 11.8 Å². The van der Waals surface area contributed by atoms with Crippen LogP contribution < -0.4 is 10.6 Å². The minimum absolute atomic E-state index is 0.0790. The van der Waals surface area contributed by atoms with Crippen molar-refractivity contribution in [2.24, 2.45) is 5.41 Å². The molecule has 0 aliphatic rings. The van der Waals surface area contributed by atoms with Gasteiger partial charge in [-0.2, -0.15) is 0 Å². The highest BCUT2D eigenvalue weighted by Gasteiger charge is 2.36. The van der Waals surface area contributed by atoms with Crippen molar-refractivity contribution in [3.05, 3.63) is 59.7 Å². The maximum atomic E-state index is 13.2. The first-order chi connectivity index (χ1) is 11.2. The van der Waals surface area contributed by atoms with E-state index in [2.05, 4.69) is 10.6 Å². The van der Waals surface area contributed by atoms with E-state index in [1.165, 1.54) is 19.9 Å². The van der Waals surface area contributed by atoms with E-state index >= 15 is 0 Å². The van der Waals surface area contributed by atoms with Crippen LogP contribution in [0.15, 0.2) is 42.5 Å². The Kier molecular flexibility index (Phi) is 4.97. The Morgan fingerprint density at radius 1 is 0.875 bits per heavy atom. The first-order valence-electron chi connectivity index (χ1n) is 7.35. The quantitative estimate of drug-likeness (QED) is 0.835. The molecule has 0 saturated heterocycles. The molecule has 24 heavy (non-hydrogen) atoms. The summed E-state index contributed by atoms with van der Waals surface area (Å²) in [4.78, 5) is 24.7. The summed E-state index contributed by atoms with van der Waals surface area (Å²) in [5.74, 6) is -3.22. The van der Waals surface area contributed by atoms with Gasteiger partial charge in [-0.1, -0.05) is 12.1 Å². The molecule has 126 valence electrons. The Labute approximate surface area is 138 Å². The lowest BCUT2D eigenvalue weighted by atomic mass is 9.90. The van der Waals surface area contributed by atoms with Crippen LogP contribution in [0.25, 0.3) is 0 Å². The van der Waals surface area contributed by atoms with E-state index in [1.54, 1.807) is 18.2 Å². The molecule has 6 heteroatoms. The smallest absolute Gasteiger partial charge is 0.239 e. The molecule has 0 aromatic heterocycles. The van der Waals surface area contributed by atoms with Gasteiger partial charge < -0.3 is 10.6 Å². The lowest BCUT2D eigenvalue weighted by molar-refractivity contribution is -0.135. The van der Waals surface area contributed by atoms with Gasteiger partial charge in [-0.25, -0.2) is 8.78 Å². The number of anilines is 2. The second kappa shape index (κ2) is 6.78. The standard InChI is InChI=1S/C18H18F2N2O2/c1-11-5-4-6-12(9-11)21-16(23)18(2,3)17(24)22-13-7-8-14(19)15(20)10-13/h4-10H,1-3H3,(H,21,23)(H,22,24). The highest BCUT2D eigenvalue weighted by Crippen LogP contribution is 2.22. The SMILES string of the molecule is Cc1cccc(NC(=O)C(C)(C)C(=O)Nc2ccc(F)c(F)c2)c1. The molecule has 0 heterocycles. The summed E-state index contributed by atoms with van der Waals surface area (Å²) in [6.07, 6.45) is 0. The molecular weight excluding hydrogens is 314 g/mol. The van der Waals surface area contributed by atoms with Crippen molar-refractivity contribution in [3.63, 3.8) is 0 Å². The maximum absolute atomic E-state index is 13.2. The fourth-order valence-corrected chi connectivity index (χ4v) is 1.97. The summed E-state index contributed by atoms with van der Waals surface area (Å²) >= 11 is 0. The third kappa shape index (κ3) is 3.95. The molecular formula is C18H18F2N2O2. The van der Waals surface area contributed by atoms with Crippen molar-refractivity contribution in [1.82, 2.24) is 0 Å². The average molecular weight is 332 g/mol. The number of carbonyl (C=O) groups excluding carboxylic acids is 2. The number of halogens is 2. The van der Waals surface area contributed by atoms with E-state index in [9.17, 15) is 18.4 Å². The van der Waals surface area contributed by atoms with E-state index in [0.29, 0.717) is 5.69 Å². The predicted molar refractivity (Wildman–Crippen MR) is 88.6 cm³/mol. The van der Waals surface area contributed by atoms with Crippen molar-refractivity contribution in [2.75, 3.05) is 10.6 Å². The second-order valence-corrected chi connectivity index (χ2v) is 6.03. The van der Waals surface area contributed by atoms with Gasteiger partial charge in [0.15, 0.2) is 11.6 Å². The minimum atomic E-state index is -1.41. The van der Waals surface area contributed by atoms with Crippen molar-refractivity contribution < 1.29 is 18.4 Å². The molecule has 0 radical (unpaired) electrons. The molecule has 2 aromatic carbocycles. The number of amides is 2. The summed E-state index contributed by atoms with van der Waals surface area (Å²) in [6.45, 7) is 4.79. The molecule has 0 spiro atoms. The largest absolute Gasteiger partial charge is 0.325 e. The van der Waals surface area contributed by atoms with E-state index in [0.717, 1.165) is 17.7 Å². The maximum Gasteiger partial charge on any atom is 0.239 e. The number of hydrogen-bond donors (Lipinski definition) is 2. The third-order valence-electron chi connectivity index (χ3n) is 3.59. The molecule has 0 bridgehead atoms. The Hall–Kier alpha value is -2.76. The van der Waals surface area contributed by atoms with Crippen LogP contribution in [0, 0.1) is 24.0 Å². The van der Waals surface area contributed by atoms with Crippen molar-refractivity contribution >= 4 is 23.2 Å². The molecule has 0 saturated carbocycles. The van der Waals surface area contributed by atoms with E-state index in [-0.39, 0.29) is 5.69 Å². The normalized spacial score (nSPS) is 11.0. The van der Waals surface area contributed by atoms with Crippen molar-refractivity contribution in [2.45, 2.75) is 20.8 Å². The summed E-state index contributed by atoms with van der Waals surface area (Å²) in [5, 5.41) is 5.10. The van der Waals surface area contributed by atoms with E-state index in [1.807, 2.05) is 13.0 Å². The van der Waals surface area contributed by atoms with Crippen LogP contribution in [0.1, 0.15) is 19.4 Å². The van der Waals surface area contributed by atoms with Gasteiger partial charge in [0.2, 0.25) is 11.8 Å². The summed E-state index contributed by atoms with van der Waals surface area (Å²) in [7, 11) is 0. The highest BCUT2D eigenvalue weighted by atomic mass is 19.2. The number of benzene rings is 2. The second-order valence-electron chi connectivity index (χ2n) is 6.03. The molecule has 2 amide bonds. The molecule has 0 aliphatic heterocycles. The fraction of sp³-hybridized carbons (Fsp3) is 0.222. The summed E-state index contributed by atoms with van der Waals surface area (Å²) < 4.78 is 26.1. The Bertz CT molecular complexity index is 788. The topological polar surface area (TPSA) is 58.2 Å². The number of carbonyl (C=O) groups is 2. The molecule has 2 rings (SSSR count). The molecule has 2 N–H and O–H groups in total. The summed E-state index contributed by atoms with van der Waals surface area (Å²) in [6, 6.07) is 10.2. The average Bonchev–Trinajstić information content (AvgIpc) is 2.50. The van der Waals surface area contributed by atoms with Gasteiger partial charge in [0.05, 0.1) is 0 Å². The Morgan fingerprint density at radius 3 is 2.00 bits per heavy atom. The Morgan fingerprint density at radius 2 is 1.46 bits per heavy atom. The van der Waals surface area contributed by atoms with Gasteiger partial charge in [0, 0.05) is 17.4 Å². The zero-order chi connectivity index (χ0) is 17.9. The van der Waals surface area contributed by atoms with Crippen LogP contribution in [0.2, 0.25) is 0 Å². The molecule has 4 nitrogen and oxygen atoms in total. The van der Waals surface area contributed by atoms with Crippen molar-refractivity contribution in [3.8, 4) is 0 Å². The first kappa shape index (κ1) is 17.6. The predicted octanol–water partition coefficient (Wildman–Crippen LogP) is 3.88. The fourth-order valence-electron chi connectivity index (χ4n) is 1.97. The number of aryl methyl sites for hydroxylation is 1. The van der Waals surface area contributed by atoms with Gasteiger partial charge in [0.25, 0.3) is 0 Å². The van der Waals surface area contributed by atoms with Gasteiger partial charge in [-0.05, 0) is 50.6 Å². The zero-order valence-electron chi connectivity index (χ0n) is 13.6. The lowest BCUT2D eigenvalue weighted by Gasteiger charge is -2.23. The molecule has 2 aromatic rings.